The van der Waals surface area contributed by atoms with Crippen LogP contribution in [0.1, 0.15) is 16.1 Å². The first kappa shape index (κ1) is 15.2. The molecule has 1 aliphatic heterocycles. The molecule has 0 saturated heterocycles. The van der Waals surface area contributed by atoms with Crippen LogP contribution in [0, 0.1) is 0 Å². The molecule has 0 N–H and O–H groups in total. The predicted molar refractivity (Wildman–Crippen MR) is 98.0 cm³/mol. The van der Waals surface area contributed by atoms with Crippen molar-refractivity contribution < 1.29 is 9.53 Å². The highest BCUT2D eigenvalue weighted by Gasteiger charge is 2.26. The number of methoxy groups -OCH3 is 1. The van der Waals surface area contributed by atoms with Crippen LogP contribution in [0.25, 0.3) is 22.4 Å². The maximum absolute atomic E-state index is 12.5. The van der Waals surface area contributed by atoms with Gasteiger partial charge in [-0.15, -0.1) is 0 Å². The van der Waals surface area contributed by atoms with Crippen molar-refractivity contribution in [3.8, 4) is 22.4 Å². The van der Waals surface area contributed by atoms with Crippen molar-refractivity contribution in [3.63, 3.8) is 0 Å². The minimum Gasteiger partial charge on any atom is -0.464 e. The van der Waals surface area contributed by atoms with E-state index in [1.807, 2.05) is 30.3 Å². The zero-order valence-corrected chi connectivity index (χ0v) is 14.8. The molecule has 24 heavy (non-hydrogen) atoms. The molecule has 0 bridgehead atoms. The summed E-state index contributed by atoms with van der Waals surface area (Å²) in [5, 5.41) is 0. The fraction of sp³-hybridized carbons (Fsp3) is 0.150. The average Bonchev–Trinajstić information content (AvgIpc) is 3.01. The summed E-state index contributed by atoms with van der Waals surface area (Å²) >= 11 is 3.46. The van der Waals surface area contributed by atoms with E-state index in [4.69, 9.17) is 4.74 Å². The second kappa shape index (κ2) is 5.95. The van der Waals surface area contributed by atoms with Gasteiger partial charge in [-0.25, -0.2) is 4.79 Å². The van der Waals surface area contributed by atoms with Crippen LogP contribution in [0.2, 0.25) is 0 Å². The minimum absolute atomic E-state index is 0.293. The Kier molecular flexibility index (Phi) is 3.77. The summed E-state index contributed by atoms with van der Waals surface area (Å²) < 4.78 is 8.17. The lowest BCUT2D eigenvalue weighted by Crippen LogP contribution is -2.17. The van der Waals surface area contributed by atoms with Gasteiger partial charge in [0.05, 0.1) is 7.11 Å². The molecule has 0 spiro atoms. The van der Waals surface area contributed by atoms with Gasteiger partial charge in [-0.3, -0.25) is 0 Å². The number of hydrogen-bond acceptors (Lipinski definition) is 2. The van der Waals surface area contributed by atoms with E-state index in [2.05, 4.69) is 44.8 Å². The first-order valence-electron chi connectivity index (χ1n) is 7.85. The van der Waals surface area contributed by atoms with E-state index in [0.29, 0.717) is 5.69 Å². The van der Waals surface area contributed by atoms with Crippen LogP contribution in [0.5, 0.6) is 0 Å². The van der Waals surface area contributed by atoms with Crippen molar-refractivity contribution in [1.29, 1.82) is 0 Å². The lowest BCUT2D eigenvalue weighted by atomic mass is 9.98. The molecule has 3 aromatic rings. The molecule has 1 aliphatic rings. The molecule has 0 aliphatic carbocycles. The molecule has 0 atom stereocenters. The van der Waals surface area contributed by atoms with Gasteiger partial charge in [0.15, 0.2) is 0 Å². The topological polar surface area (TPSA) is 31.2 Å². The Morgan fingerprint density at radius 3 is 2.58 bits per heavy atom. The van der Waals surface area contributed by atoms with Crippen LogP contribution in [0.3, 0.4) is 0 Å². The van der Waals surface area contributed by atoms with Gasteiger partial charge in [0.25, 0.3) is 0 Å². The van der Waals surface area contributed by atoms with E-state index in [9.17, 15) is 4.79 Å². The molecular formula is C20H16BrNO2. The zero-order valence-electron chi connectivity index (χ0n) is 13.3. The van der Waals surface area contributed by atoms with E-state index in [0.717, 1.165) is 34.3 Å². The molecule has 0 saturated carbocycles. The molecule has 0 radical (unpaired) electrons. The first-order valence-corrected chi connectivity index (χ1v) is 8.64. The van der Waals surface area contributed by atoms with Crippen LogP contribution >= 0.6 is 15.9 Å². The number of aryl methyl sites for hydroxylation is 1. The van der Waals surface area contributed by atoms with Crippen molar-refractivity contribution >= 4 is 21.9 Å². The largest absolute Gasteiger partial charge is 0.464 e. The van der Waals surface area contributed by atoms with Crippen molar-refractivity contribution in [1.82, 2.24) is 4.57 Å². The maximum atomic E-state index is 12.5. The normalized spacial score (nSPS) is 12.4. The van der Waals surface area contributed by atoms with Gasteiger partial charge in [0.1, 0.15) is 5.69 Å². The number of hydrogen-bond donors (Lipinski definition) is 0. The quantitative estimate of drug-likeness (QED) is 0.589. The van der Waals surface area contributed by atoms with E-state index < -0.39 is 0 Å². The van der Waals surface area contributed by atoms with Crippen LogP contribution < -0.4 is 0 Å². The number of nitrogens with zero attached hydrogens (tertiary/aromatic N) is 1. The highest BCUT2D eigenvalue weighted by molar-refractivity contribution is 9.10. The molecule has 3 nitrogen and oxygen atoms in total. The predicted octanol–water partition coefficient (Wildman–Crippen LogP) is 4.93. The number of esters is 1. The van der Waals surface area contributed by atoms with Gasteiger partial charge in [-0.2, -0.15) is 0 Å². The highest BCUT2D eigenvalue weighted by Crippen LogP contribution is 2.38. The minimum atomic E-state index is -0.293. The van der Waals surface area contributed by atoms with Gasteiger partial charge < -0.3 is 9.30 Å². The number of fused-ring (bicyclic) bond motifs is 3. The summed E-state index contributed by atoms with van der Waals surface area (Å²) in [5.41, 5.74) is 6.15. The summed E-state index contributed by atoms with van der Waals surface area (Å²) in [6.45, 7) is 0.785. The number of halogens is 1. The number of carbonyl (C=O) groups excluding carboxylic acids is 1. The van der Waals surface area contributed by atoms with E-state index in [1.54, 1.807) is 0 Å². The standard InChI is InChI=1S/C20H16BrNO2/c1-24-20(23)19-17(14-6-8-15(21)9-7-14)12-18-16-5-3-2-4-13(16)10-11-22(18)19/h2-9,12H,10-11H2,1H3. The van der Waals surface area contributed by atoms with Crippen molar-refractivity contribution in [2.24, 2.45) is 0 Å². The Morgan fingerprint density at radius 2 is 1.83 bits per heavy atom. The second-order valence-corrected chi connectivity index (χ2v) is 6.76. The summed E-state index contributed by atoms with van der Waals surface area (Å²) in [7, 11) is 1.43. The number of benzene rings is 2. The molecular weight excluding hydrogens is 366 g/mol. The Bertz CT molecular complexity index is 925. The second-order valence-electron chi connectivity index (χ2n) is 5.85. The molecule has 0 unspecified atom stereocenters. The lowest BCUT2D eigenvalue weighted by Gasteiger charge is -2.20. The van der Waals surface area contributed by atoms with Gasteiger partial charge in [-0.1, -0.05) is 52.3 Å². The summed E-state index contributed by atoms with van der Waals surface area (Å²) in [6, 6.07) is 18.5. The van der Waals surface area contributed by atoms with Gasteiger partial charge >= 0.3 is 5.97 Å². The fourth-order valence-corrected chi connectivity index (χ4v) is 3.66. The van der Waals surface area contributed by atoms with E-state index in [1.165, 1.54) is 18.2 Å². The monoisotopic (exact) mass is 381 g/mol. The van der Waals surface area contributed by atoms with Crippen LogP contribution in [-0.4, -0.2) is 17.6 Å². The molecule has 4 rings (SSSR count). The van der Waals surface area contributed by atoms with Gasteiger partial charge in [0, 0.05) is 27.8 Å². The smallest absolute Gasteiger partial charge is 0.355 e. The van der Waals surface area contributed by atoms with E-state index >= 15 is 0 Å². The molecule has 0 fully saturated rings. The third kappa shape index (κ3) is 2.38. The Balaban J connectivity index is 1.97. The number of rotatable bonds is 2. The number of carbonyl (C=O) groups is 1. The van der Waals surface area contributed by atoms with E-state index in [-0.39, 0.29) is 5.97 Å². The van der Waals surface area contributed by atoms with Crippen LogP contribution in [0.15, 0.2) is 59.1 Å². The Morgan fingerprint density at radius 1 is 1.08 bits per heavy atom. The van der Waals surface area contributed by atoms with Crippen LogP contribution in [-0.2, 0) is 17.7 Å². The lowest BCUT2D eigenvalue weighted by molar-refractivity contribution is 0.0589. The molecule has 2 heterocycles. The maximum Gasteiger partial charge on any atom is 0.355 e. The van der Waals surface area contributed by atoms with Crippen molar-refractivity contribution in [2.45, 2.75) is 13.0 Å². The molecule has 0 amide bonds. The summed E-state index contributed by atoms with van der Waals surface area (Å²) in [4.78, 5) is 12.5. The summed E-state index contributed by atoms with van der Waals surface area (Å²) in [6.07, 6.45) is 0.918. The summed E-state index contributed by atoms with van der Waals surface area (Å²) in [5.74, 6) is -0.293. The molecule has 2 aromatic carbocycles. The van der Waals surface area contributed by atoms with Gasteiger partial charge in [0.2, 0.25) is 0 Å². The molecule has 1 aromatic heterocycles. The van der Waals surface area contributed by atoms with Crippen molar-refractivity contribution in [3.05, 3.63) is 70.3 Å². The van der Waals surface area contributed by atoms with Crippen LogP contribution in [0.4, 0.5) is 0 Å². The van der Waals surface area contributed by atoms with Gasteiger partial charge in [-0.05, 0) is 35.7 Å². The first-order chi connectivity index (χ1) is 11.7. The zero-order chi connectivity index (χ0) is 16.7. The average molecular weight is 382 g/mol. The molecule has 4 heteroatoms. The highest BCUT2D eigenvalue weighted by atomic mass is 79.9. The van der Waals surface area contributed by atoms with Crippen molar-refractivity contribution in [2.75, 3.05) is 7.11 Å². The fourth-order valence-electron chi connectivity index (χ4n) is 3.39. The third-order valence-electron chi connectivity index (χ3n) is 4.53. The Labute approximate surface area is 149 Å². The third-order valence-corrected chi connectivity index (χ3v) is 5.06. The Hall–Kier alpha value is -2.33. The number of aromatic nitrogens is 1. The SMILES string of the molecule is COC(=O)c1c(-c2ccc(Br)cc2)cc2n1CCc1ccccc1-2. The number of ether oxygens (including phenoxy) is 1. The molecule has 120 valence electrons.